The minimum absolute atomic E-state index is 0.460. The third-order valence-corrected chi connectivity index (χ3v) is 5.17. The normalized spacial score (nSPS) is 42.4. The van der Waals surface area contributed by atoms with Crippen LogP contribution in [0.25, 0.3) is 0 Å². The van der Waals surface area contributed by atoms with Gasteiger partial charge in [-0.2, -0.15) is 0 Å². The molecule has 0 aromatic heterocycles. The SMILES string of the molecule is CC(C)(O)[C@@H]1CC[C@@]2(C)CCCC[C@@H]2C1. The van der Waals surface area contributed by atoms with E-state index >= 15 is 0 Å². The molecule has 0 saturated heterocycles. The van der Waals surface area contributed by atoms with Crippen LogP contribution in [-0.4, -0.2) is 10.7 Å². The van der Waals surface area contributed by atoms with Crippen molar-refractivity contribution in [1.82, 2.24) is 0 Å². The highest BCUT2D eigenvalue weighted by atomic mass is 16.3. The molecule has 2 rings (SSSR count). The molecule has 2 aliphatic carbocycles. The number of rotatable bonds is 1. The molecular weight excluding hydrogens is 184 g/mol. The van der Waals surface area contributed by atoms with Crippen molar-refractivity contribution >= 4 is 0 Å². The number of fused-ring (bicyclic) bond motifs is 1. The maximum absolute atomic E-state index is 10.1. The highest BCUT2D eigenvalue weighted by Crippen LogP contribution is 2.53. The second kappa shape index (κ2) is 3.76. The molecule has 0 aromatic carbocycles. The Kier molecular flexibility index (Phi) is 2.87. The predicted octanol–water partition coefficient (Wildman–Crippen LogP) is 3.75. The fourth-order valence-corrected chi connectivity index (χ4v) is 3.81. The van der Waals surface area contributed by atoms with Gasteiger partial charge in [0, 0.05) is 0 Å². The van der Waals surface area contributed by atoms with Gasteiger partial charge in [-0.3, -0.25) is 0 Å². The highest BCUT2D eigenvalue weighted by molar-refractivity contribution is 4.95. The van der Waals surface area contributed by atoms with E-state index in [1.807, 2.05) is 13.8 Å². The zero-order valence-electron chi connectivity index (χ0n) is 10.6. The molecule has 3 atom stereocenters. The van der Waals surface area contributed by atoms with E-state index in [2.05, 4.69) is 6.92 Å². The lowest BCUT2D eigenvalue weighted by molar-refractivity contribution is -0.0534. The number of hydrogen-bond acceptors (Lipinski definition) is 1. The van der Waals surface area contributed by atoms with Gasteiger partial charge in [0.25, 0.3) is 0 Å². The molecule has 2 fully saturated rings. The molecule has 2 saturated carbocycles. The van der Waals surface area contributed by atoms with Gasteiger partial charge in [0.15, 0.2) is 0 Å². The molecule has 2 aliphatic rings. The van der Waals surface area contributed by atoms with E-state index in [0.29, 0.717) is 11.3 Å². The first-order valence-electron chi connectivity index (χ1n) is 6.64. The second-order valence-corrected chi connectivity index (χ2v) is 6.72. The monoisotopic (exact) mass is 210 g/mol. The molecule has 88 valence electrons. The molecule has 0 aromatic rings. The molecule has 0 unspecified atom stereocenters. The zero-order chi connectivity index (χ0) is 11.1. The lowest BCUT2D eigenvalue weighted by atomic mass is 9.56. The first kappa shape index (κ1) is 11.4. The van der Waals surface area contributed by atoms with Crippen molar-refractivity contribution in [1.29, 1.82) is 0 Å². The Morgan fingerprint density at radius 1 is 1.13 bits per heavy atom. The highest BCUT2D eigenvalue weighted by Gasteiger charge is 2.44. The summed E-state index contributed by atoms with van der Waals surface area (Å²) in [7, 11) is 0. The fourth-order valence-electron chi connectivity index (χ4n) is 3.81. The van der Waals surface area contributed by atoms with Crippen molar-refractivity contribution in [2.75, 3.05) is 0 Å². The van der Waals surface area contributed by atoms with Crippen molar-refractivity contribution in [2.24, 2.45) is 17.3 Å². The quantitative estimate of drug-likeness (QED) is 0.699. The summed E-state index contributed by atoms with van der Waals surface area (Å²) >= 11 is 0. The van der Waals surface area contributed by atoms with Gasteiger partial charge < -0.3 is 5.11 Å². The van der Waals surface area contributed by atoms with Gasteiger partial charge >= 0.3 is 0 Å². The van der Waals surface area contributed by atoms with Crippen LogP contribution in [-0.2, 0) is 0 Å². The van der Waals surface area contributed by atoms with Crippen molar-refractivity contribution < 1.29 is 5.11 Å². The Hall–Kier alpha value is -0.0400. The topological polar surface area (TPSA) is 20.2 Å². The summed E-state index contributed by atoms with van der Waals surface area (Å²) in [6.07, 6.45) is 9.52. The molecule has 0 heterocycles. The van der Waals surface area contributed by atoms with Gasteiger partial charge in [-0.05, 0) is 63.2 Å². The van der Waals surface area contributed by atoms with Crippen LogP contribution in [0.3, 0.4) is 0 Å². The van der Waals surface area contributed by atoms with E-state index < -0.39 is 5.60 Å². The van der Waals surface area contributed by atoms with Crippen LogP contribution in [0.4, 0.5) is 0 Å². The van der Waals surface area contributed by atoms with Crippen LogP contribution < -0.4 is 0 Å². The molecule has 1 heteroatoms. The molecular formula is C14H26O. The van der Waals surface area contributed by atoms with Crippen molar-refractivity contribution in [3.8, 4) is 0 Å². The molecule has 0 spiro atoms. The Bertz CT molecular complexity index is 228. The lowest BCUT2D eigenvalue weighted by Crippen LogP contribution is -2.43. The van der Waals surface area contributed by atoms with Gasteiger partial charge in [-0.15, -0.1) is 0 Å². The van der Waals surface area contributed by atoms with E-state index in [1.54, 1.807) is 0 Å². The van der Waals surface area contributed by atoms with Crippen LogP contribution in [0.15, 0.2) is 0 Å². The Morgan fingerprint density at radius 3 is 2.53 bits per heavy atom. The third kappa shape index (κ3) is 2.22. The summed E-state index contributed by atoms with van der Waals surface area (Å²) in [6, 6.07) is 0. The van der Waals surface area contributed by atoms with E-state index in [-0.39, 0.29) is 0 Å². The average molecular weight is 210 g/mol. The maximum Gasteiger partial charge on any atom is 0.0619 e. The van der Waals surface area contributed by atoms with Gasteiger partial charge in [0.1, 0.15) is 0 Å². The average Bonchev–Trinajstić information content (AvgIpc) is 2.14. The Morgan fingerprint density at radius 2 is 1.87 bits per heavy atom. The Balaban J connectivity index is 2.05. The molecule has 1 N–H and O–H groups in total. The van der Waals surface area contributed by atoms with Gasteiger partial charge in [-0.25, -0.2) is 0 Å². The first-order valence-corrected chi connectivity index (χ1v) is 6.64. The lowest BCUT2D eigenvalue weighted by Gasteiger charge is -2.50. The van der Waals surface area contributed by atoms with E-state index in [4.69, 9.17) is 0 Å². The summed E-state index contributed by atoms with van der Waals surface area (Å²) in [4.78, 5) is 0. The summed E-state index contributed by atoms with van der Waals surface area (Å²) in [6.45, 7) is 6.46. The minimum atomic E-state index is -0.460. The summed E-state index contributed by atoms with van der Waals surface area (Å²) < 4.78 is 0. The van der Waals surface area contributed by atoms with Crippen molar-refractivity contribution in [2.45, 2.75) is 71.3 Å². The minimum Gasteiger partial charge on any atom is -0.390 e. The summed E-state index contributed by atoms with van der Waals surface area (Å²) in [5, 5.41) is 10.1. The van der Waals surface area contributed by atoms with Crippen molar-refractivity contribution in [3.05, 3.63) is 0 Å². The molecule has 15 heavy (non-hydrogen) atoms. The second-order valence-electron chi connectivity index (χ2n) is 6.72. The van der Waals surface area contributed by atoms with Crippen LogP contribution in [0, 0.1) is 17.3 Å². The molecule has 0 aliphatic heterocycles. The van der Waals surface area contributed by atoms with Gasteiger partial charge in [-0.1, -0.05) is 19.8 Å². The van der Waals surface area contributed by atoms with E-state index in [0.717, 1.165) is 5.92 Å². The van der Waals surface area contributed by atoms with E-state index in [1.165, 1.54) is 44.9 Å². The predicted molar refractivity (Wildman–Crippen MR) is 63.7 cm³/mol. The van der Waals surface area contributed by atoms with Crippen LogP contribution in [0.2, 0.25) is 0 Å². The van der Waals surface area contributed by atoms with Crippen molar-refractivity contribution in [3.63, 3.8) is 0 Å². The maximum atomic E-state index is 10.1. The summed E-state index contributed by atoms with van der Waals surface area (Å²) in [5.74, 6) is 1.42. The fraction of sp³-hybridized carbons (Fsp3) is 1.00. The first-order chi connectivity index (χ1) is 6.92. The largest absolute Gasteiger partial charge is 0.390 e. The van der Waals surface area contributed by atoms with E-state index in [9.17, 15) is 5.11 Å². The molecule has 0 bridgehead atoms. The standard InChI is InChI=1S/C14H26O/c1-13(2,15)11-7-9-14(3)8-5-4-6-12(14)10-11/h11-12,15H,4-10H2,1-3H3/t11-,12-,14-/m1/s1. The smallest absolute Gasteiger partial charge is 0.0619 e. The number of hydrogen-bond donors (Lipinski definition) is 1. The Labute approximate surface area is 94.3 Å². The molecule has 0 amide bonds. The van der Waals surface area contributed by atoms with Gasteiger partial charge in [0.2, 0.25) is 0 Å². The molecule has 1 nitrogen and oxygen atoms in total. The van der Waals surface area contributed by atoms with Crippen LogP contribution >= 0.6 is 0 Å². The van der Waals surface area contributed by atoms with Crippen LogP contribution in [0.1, 0.15) is 65.7 Å². The van der Waals surface area contributed by atoms with Crippen LogP contribution in [0.5, 0.6) is 0 Å². The summed E-state index contributed by atoms with van der Waals surface area (Å²) in [5.41, 5.74) is 0.152. The number of aliphatic hydroxyl groups is 1. The molecule has 0 radical (unpaired) electrons. The zero-order valence-corrected chi connectivity index (χ0v) is 10.6. The van der Waals surface area contributed by atoms with Gasteiger partial charge in [0.05, 0.1) is 5.60 Å². The third-order valence-electron chi connectivity index (χ3n) is 5.17.